The number of rotatable bonds is 11. The molecule has 2 aliphatic heterocycles. The molecule has 0 amide bonds. The Morgan fingerprint density at radius 1 is 1.09 bits per heavy atom. The molecule has 2 saturated heterocycles. The van der Waals surface area contributed by atoms with Gasteiger partial charge < -0.3 is 39.8 Å². The third-order valence-electron chi connectivity index (χ3n) is 7.87. The Morgan fingerprint density at radius 3 is 2.58 bits per heavy atom. The SMILES string of the molecule is COc1cc(SN2CCOCC2)ccc1NCC#Cc1cc2c(NC3CCN(CC(O)CO)CC3)cccc2n1CC(F)(F)F. The summed E-state index contributed by atoms with van der Waals surface area (Å²) in [7, 11) is 1.60. The number of aliphatic hydroxyl groups excluding tert-OH is 2. The van der Waals surface area contributed by atoms with Gasteiger partial charge in [0.25, 0.3) is 0 Å². The van der Waals surface area contributed by atoms with Crippen LogP contribution < -0.4 is 15.4 Å². The number of nitrogens with zero attached hydrogens (tertiary/aromatic N) is 3. The molecule has 1 unspecified atom stereocenters. The highest BCUT2D eigenvalue weighted by atomic mass is 32.2. The lowest BCUT2D eigenvalue weighted by molar-refractivity contribution is -0.140. The minimum atomic E-state index is -4.41. The number of piperidine rings is 1. The largest absolute Gasteiger partial charge is 0.495 e. The van der Waals surface area contributed by atoms with Crippen LogP contribution in [0.4, 0.5) is 24.5 Å². The Hall–Kier alpha value is -3.12. The van der Waals surface area contributed by atoms with E-state index in [-0.39, 0.29) is 24.9 Å². The zero-order valence-electron chi connectivity index (χ0n) is 25.3. The number of likely N-dealkylation sites (tertiary alicyclic amines) is 1. The zero-order chi connectivity index (χ0) is 31.8. The molecule has 2 fully saturated rings. The highest BCUT2D eigenvalue weighted by Crippen LogP contribution is 2.33. The molecule has 0 aliphatic carbocycles. The van der Waals surface area contributed by atoms with Crippen LogP contribution in [0.2, 0.25) is 0 Å². The van der Waals surface area contributed by atoms with E-state index in [1.165, 1.54) is 4.57 Å². The number of nitrogens with one attached hydrogen (secondary N) is 2. The molecule has 4 N–H and O–H groups in total. The Morgan fingerprint density at radius 2 is 1.87 bits per heavy atom. The van der Waals surface area contributed by atoms with Crippen molar-refractivity contribution in [3.8, 4) is 17.6 Å². The lowest BCUT2D eigenvalue weighted by Crippen LogP contribution is -2.43. The summed E-state index contributed by atoms with van der Waals surface area (Å²) in [6, 6.07) is 13.1. The first-order valence-corrected chi connectivity index (χ1v) is 15.9. The van der Waals surface area contributed by atoms with Crippen LogP contribution in [0, 0.1) is 11.8 Å². The van der Waals surface area contributed by atoms with E-state index in [1.54, 1.807) is 37.3 Å². The number of aliphatic hydroxyl groups is 2. The van der Waals surface area contributed by atoms with Gasteiger partial charge in [-0.15, -0.1) is 0 Å². The molecule has 244 valence electrons. The number of hydrogen-bond donors (Lipinski definition) is 4. The van der Waals surface area contributed by atoms with Crippen LogP contribution in [0.25, 0.3) is 10.9 Å². The maximum Gasteiger partial charge on any atom is 0.406 e. The number of anilines is 2. The summed E-state index contributed by atoms with van der Waals surface area (Å²) in [6.07, 6.45) is -3.55. The minimum absolute atomic E-state index is 0.136. The van der Waals surface area contributed by atoms with E-state index in [0.717, 1.165) is 55.3 Å². The highest BCUT2D eigenvalue weighted by molar-refractivity contribution is 7.97. The van der Waals surface area contributed by atoms with Crippen LogP contribution in [0.1, 0.15) is 18.5 Å². The summed E-state index contributed by atoms with van der Waals surface area (Å²) < 4.78 is 55.5. The molecule has 3 aromatic rings. The summed E-state index contributed by atoms with van der Waals surface area (Å²) in [6.45, 7) is 3.85. The van der Waals surface area contributed by atoms with Crippen LogP contribution >= 0.6 is 11.9 Å². The number of ether oxygens (including phenoxy) is 2. The monoisotopic (exact) mass is 647 g/mol. The third-order valence-corrected chi connectivity index (χ3v) is 8.96. The van der Waals surface area contributed by atoms with E-state index in [1.807, 2.05) is 24.3 Å². The van der Waals surface area contributed by atoms with Crippen molar-refractivity contribution in [3.63, 3.8) is 0 Å². The molecular weight excluding hydrogens is 607 g/mol. The van der Waals surface area contributed by atoms with Crippen molar-refractivity contribution < 1.29 is 32.9 Å². The average Bonchev–Trinajstić information content (AvgIpc) is 3.37. The Balaban J connectivity index is 1.28. The summed E-state index contributed by atoms with van der Waals surface area (Å²) in [5, 5.41) is 26.3. The Kier molecular flexibility index (Phi) is 11.4. The molecule has 2 aromatic carbocycles. The molecule has 0 radical (unpaired) electrons. The number of aromatic nitrogens is 1. The van der Waals surface area contributed by atoms with Gasteiger partial charge in [0, 0.05) is 54.7 Å². The van der Waals surface area contributed by atoms with Crippen LogP contribution in [-0.2, 0) is 11.3 Å². The number of β-amino-alcohol motifs (C(OH)–C–C–N with tert-alkyl or cyclic N) is 1. The molecule has 13 heteroatoms. The number of fused-ring (bicyclic) bond motifs is 1. The first-order valence-electron chi connectivity index (χ1n) is 15.1. The predicted octanol–water partition coefficient (Wildman–Crippen LogP) is 4.24. The number of halogens is 3. The van der Waals surface area contributed by atoms with Gasteiger partial charge in [-0.1, -0.05) is 12.0 Å². The number of methoxy groups -OCH3 is 1. The van der Waals surface area contributed by atoms with Crippen molar-refractivity contribution >= 4 is 34.2 Å². The van der Waals surface area contributed by atoms with Gasteiger partial charge in [0.05, 0.1) is 56.5 Å². The molecule has 0 spiro atoms. The molecule has 2 aliphatic rings. The third kappa shape index (κ3) is 9.22. The van der Waals surface area contributed by atoms with Crippen LogP contribution in [0.5, 0.6) is 5.75 Å². The van der Waals surface area contributed by atoms with Crippen LogP contribution in [0.15, 0.2) is 47.4 Å². The topological polar surface area (TPSA) is 94.4 Å². The number of alkyl halides is 3. The fraction of sp³-hybridized carbons (Fsp3) is 0.500. The van der Waals surface area contributed by atoms with Gasteiger partial charge in [0.2, 0.25) is 0 Å². The fourth-order valence-corrected chi connectivity index (χ4v) is 6.55. The first-order chi connectivity index (χ1) is 21.7. The minimum Gasteiger partial charge on any atom is -0.495 e. The van der Waals surface area contributed by atoms with E-state index >= 15 is 0 Å². The van der Waals surface area contributed by atoms with Crippen molar-refractivity contribution in [3.05, 3.63) is 48.2 Å². The molecule has 45 heavy (non-hydrogen) atoms. The second kappa shape index (κ2) is 15.4. The summed E-state index contributed by atoms with van der Waals surface area (Å²) in [4.78, 5) is 3.15. The van der Waals surface area contributed by atoms with Gasteiger partial charge in [0.15, 0.2) is 0 Å². The average molecular weight is 648 g/mol. The molecule has 9 nitrogen and oxygen atoms in total. The molecule has 3 heterocycles. The van der Waals surface area contributed by atoms with Gasteiger partial charge in [0.1, 0.15) is 12.3 Å². The number of benzene rings is 2. The van der Waals surface area contributed by atoms with E-state index < -0.39 is 18.8 Å². The standard InChI is InChI=1S/C32H40F3N5O4S/c1-43-31-19-26(45-39-14-16-44-17-15-39)7-8-29(31)36-11-3-4-24-18-27-28(5-2-6-30(27)40(24)22-32(33,34)35)37-23-9-12-38(13-10-23)20-25(42)21-41/h2,5-8,18-19,23,25,36-37,41-42H,9-17,20-22H2,1H3. The van der Waals surface area contributed by atoms with Crippen molar-refractivity contribution in [1.82, 2.24) is 13.8 Å². The molecular formula is C32H40F3N5O4S. The maximum absolute atomic E-state index is 13.7. The van der Waals surface area contributed by atoms with Crippen LogP contribution in [-0.4, -0.2) is 109 Å². The van der Waals surface area contributed by atoms with Gasteiger partial charge in [-0.25, -0.2) is 4.31 Å². The van der Waals surface area contributed by atoms with Gasteiger partial charge in [-0.05, 0) is 67.1 Å². The zero-order valence-corrected chi connectivity index (χ0v) is 26.1. The number of morpholine rings is 1. The van der Waals surface area contributed by atoms with Crippen molar-refractivity contribution in [2.45, 2.75) is 42.6 Å². The second-order valence-corrected chi connectivity index (χ2v) is 12.3. The first kappa shape index (κ1) is 33.2. The van der Waals surface area contributed by atoms with Crippen molar-refractivity contribution in [1.29, 1.82) is 0 Å². The van der Waals surface area contributed by atoms with E-state index in [4.69, 9.17) is 14.6 Å². The smallest absolute Gasteiger partial charge is 0.406 e. The quantitative estimate of drug-likeness (QED) is 0.180. The lowest BCUT2D eigenvalue weighted by Gasteiger charge is -2.33. The Bertz CT molecular complexity index is 1480. The van der Waals surface area contributed by atoms with Gasteiger partial charge in [-0.3, -0.25) is 0 Å². The molecule has 0 saturated carbocycles. The van der Waals surface area contributed by atoms with Crippen molar-refractivity contribution in [2.75, 3.05) is 76.8 Å². The highest BCUT2D eigenvalue weighted by Gasteiger charge is 2.30. The normalized spacial score (nSPS) is 17.6. The summed E-state index contributed by atoms with van der Waals surface area (Å²) in [5.74, 6) is 6.63. The van der Waals surface area contributed by atoms with Crippen LogP contribution in [0.3, 0.4) is 0 Å². The van der Waals surface area contributed by atoms with Gasteiger partial charge >= 0.3 is 6.18 Å². The fourth-order valence-electron chi connectivity index (χ4n) is 5.63. The molecule has 5 rings (SSSR count). The van der Waals surface area contributed by atoms with E-state index in [0.29, 0.717) is 36.4 Å². The maximum atomic E-state index is 13.7. The predicted molar refractivity (Wildman–Crippen MR) is 171 cm³/mol. The van der Waals surface area contributed by atoms with Crippen molar-refractivity contribution in [2.24, 2.45) is 0 Å². The molecule has 1 atom stereocenters. The molecule has 1 aromatic heterocycles. The Labute approximate surface area is 265 Å². The van der Waals surface area contributed by atoms with E-state index in [9.17, 15) is 18.3 Å². The van der Waals surface area contributed by atoms with E-state index in [2.05, 4.69) is 31.7 Å². The molecule has 0 bridgehead atoms. The van der Waals surface area contributed by atoms with Gasteiger partial charge in [-0.2, -0.15) is 13.2 Å². The summed E-state index contributed by atoms with van der Waals surface area (Å²) in [5.41, 5.74) is 2.27. The lowest BCUT2D eigenvalue weighted by atomic mass is 10.0. The number of hydrogen-bond acceptors (Lipinski definition) is 9. The second-order valence-electron chi connectivity index (χ2n) is 11.2. The summed E-state index contributed by atoms with van der Waals surface area (Å²) >= 11 is 1.65.